The van der Waals surface area contributed by atoms with Gasteiger partial charge < -0.3 is 14.8 Å². The molecule has 5 nitrogen and oxygen atoms in total. The first-order valence-electron chi connectivity index (χ1n) is 7.58. The van der Waals surface area contributed by atoms with E-state index in [-0.39, 0.29) is 5.91 Å². The van der Waals surface area contributed by atoms with Gasteiger partial charge in [0.15, 0.2) is 5.79 Å². The molecule has 114 valence electrons. The molecule has 0 aliphatic carbocycles. The van der Waals surface area contributed by atoms with Gasteiger partial charge in [-0.3, -0.25) is 9.69 Å². The fourth-order valence-electron chi connectivity index (χ4n) is 2.97. The first-order chi connectivity index (χ1) is 10.2. The summed E-state index contributed by atoms with van der Waals surface area (Å²) in [6.07, 6.45) is 1.80. The summed E-state index contributed by atoms with van der Waals surface area (Å²) in [6.45, 7) is 5.31. The van der Waals surface area contributed by atoms with E-state index in [1.165, 1.54) is 5.56 Å². The van der Waals surface area contributed by atoms with Crippen molar-refractivity contribution in [3.05, 3.63) is 29.8 Å². The number of ether oxygens (including phenoxy) is 2. The van der Waals surface area contributed by atoms with Gasteiger partial charge in [-0.1, -0.05) is 19.1 Å². The largest absolute Gasteiger partial charge is 0.346 e. The first kappa shape index (κ1) is 14.5. The van der Waals surface area contributed by atoms with Crippen molar-refractivity contribution >= 4 is 11.6 Å². The van der Waals surface area contributed by atoms with Crippen LogP contribution in [0.4, 0.5) is 5.69 Å². The average Bonchev–Trinajstić information content (AvgIpc) is 3.09. The van der Waals surface area contributed by atoms with Gasteiger partial charge in [-0.15, -0.1) is 0 Å². The SMILES string of the molecule is CCc1cccc(NC(=O)CN2CCC3(C2)OCCO3)c1. The van der Waals surface area contributed by atoms with Gasteiger partial charge in [-0.2, -0.15) is 0 Å². The van der Waals surface area contributed by atoms with Crippen molar-refractivity contribution in [2.75, 3.05) is 38.2 Å². The number of rotatable bonds is 4. The highest BCUT2D eigenvalue weighted by atomic mass is 16.7. The molecule has 1 N–H and O–H groups in total. The molecule has 1 spiro atoms. The highest BCUT2D eigenvalue weighted by molar-refractivity contribution is 5.92. The van der Waals surface area contributed by atoms with E-state index in [0.717, 1.165) is 25.1 Å². The Balaban J connectivity index is 1.52. The molecule has 2 heterocycles. The average molecular weight is 290 g/mol. The number of anilines is 1. The molecule has 0 saturated carbocycles. The van der Waals surface area contributed by atoms with E-state index in [9.17, 15) is 4.79 Å². The monoisotopic (exact) mass is 290 g/mol. The molecule has 3 rings (SSSR count). The number of nitrogens with one attached hydrogen (secondary N) is 1. The summed E-state index contributed by atoms with van der Waals surface area (Å²) >= 11 is 0. The molecular weight excluding hydrogens is 268 g/mol. The predicted octanol–water partition coefficient (Wildman–Crippen LogP) is 1.64. The van der Waals surface area contributed by atoms with Crippen LogP contribution in [0.1, 0.15) is 18.9 Å². The maximum absolute atomic E-state index is 12.1. The molecule has 5 heteroatoms. The Labute approximate surface area is 125 Å². The number of amides is 1. The normalized spacial score (nSPS) is 21.0. The zero-order valence-corrected chi connectivity index (χ0v) is 12.4. The predicted molar refractivity (Wildman–Crippen MR) is 80.1 cm³/mol. The van der Waals surface area contributed by atoms with Crippen molar-refractivity contribution in [1.82, 2.24) is 4.90 Å². The molecular formula is C16H22N2O3. The Morgan fingerprint density at radius 1 is 1.38 bits per heavy atom. The Kier molecular flexibility index (Phi) is 4.24. The summed E-state index contributed by atoms with van der Waals surface area (Å²) < 4.78 is 11.3. The molecule has 0 bridgehead atoms. The Morgan fingerprint density at radius 3 is 2.95 bits per heavy atom. The van der Waals surface area contributed by atoms with Gasteiger partial charge in [-0.25, -0.2) is 0 Å². The molecule has 0 atom stereocenters. The maximum atomic E-state index is 12.1. The number of likely N-dealkylation sites (tertiary alicyclic amines) is 1. The zero-order valence-electron chi connectivity index (χ0n) is 12.4. The highest BCUT2D eigenvalue weighted by Crippen LogP contribution is 2.30. The van der Waals surface area contributed by atoms with E-state index in [0.29, 0.717) is 26.3 Å². The van der Waals surface area contributed by atoms with E-state index in [1.807, 2.05) is 18.2 Å². The minimum absolute atomic E-state index is 0.0123. The number of aryl methyl sites for hydroxylation is 1. The van der Waals surface area contributed by atoms with Gasteiger partial charge >= 0.3 is 0 Å². The number of carbonyl (C=O) groups excluding carboxylic acids is 1. The lowest BCUT2D eigenvalue weighted by Gasteiger charge is -2.22. The number of hydrogen-bond donors (Lipinski definition) is 1. The van der Waals surface area contributed by atoms with Crippen molar-refractivity contribution in [3.8, 4) is 0 Å². The molecule has 2 aliphatic rings. The number of hydrogen-bond acceptors (Lipinski definition) is 4. The van der Waals surface area contributed by atoms with Gasteiger partial charge in [0, 0.05) is 18.7 Å². The van der Waals surface area contributed by atoms with E-state index >= 15 is 0 Å². The third kappa shape index (κ3) is 3.43. The second-order valence-electron chi connectivity index (χ2n) is 5.67. The number of carbonyl (C=O) groups is 1. The van der Waals surface area contributed by atoms with E-state index in [4.69, 9.17) is 9.47 Å². The molecule has 1 aromatic rings. The van der Waals surface area contributed by atoms with Crippen molar-refractivity contribution < 1.29 is 14.3 Å². The van der Waals surface area contributed by atoms with Gasteiger partial charge in [0.25, 0.3) is 0 Å². The fourth-order valence-corrected chi connectivity index (χ4v) is 2.97. The second kappa shape index (κ2) is 6.13. The molecule has 2 aliphatic heterocycles. The van der Waals surface area contributed by atoms with Crippen LogP contribution in [-0.4, -0.2) is 49.4 Å². The van der Waals surface area contributed by atoms with Crippen LogP contribution in [0.15, 0.2) is 24.3 Å². The molecule has 21 heavy (non-hydrogen) atoms. The smallest absolute Gasteiger partial charge is 0.238 e. The van der Waals surface area contributed by atoms with Crippen LogP contribution in [0.2, 0.25) is 0 Å². The van der Waals surface area contributed by atoms with Crippen molar-refractivity contribution in [1.29, 1.82) is 0 Å². The summed E-state index contributed by atoms with van der Waals surface area (Å²) in [5, 5.41) is 2.96. The first-order valence-corrected chi connectivity index (χ1v) is 7.58. The Bertz CT molecular complexity index is 512. The van der Waals surface area contributed by atoms with E-state index in [2.05, 4.69) is 23.2 Å². The van der Waals surface area contributed by atoms with Crippen LogP contribution < -0.4 is 5.32 Å². The van der Waals surface area contributed by atoms with E-state index < -0.39 is 5.79 Å². The van der Waals surface area contributed by atoms with Crippen LogP contribution in [-0.2, 0) is 20.7 Å². The van der Waals surface area contributed by atoms with Crippen LogP contribution in [0, 0.1) is 0 Å². The lowest BCUT2D eigenvalue weighted by Crippen LogP contribution is -2.37. The van der Waals surface area contributed by atoms with Crippen LogP contribution >= 0.6 is 0 Å². The molecule has 1 amide bonds. The Morgan fingerprint density at radius 2 is 2.19 bits per heavy atom. The van der Waals surface area contributed by atoms with Gasteiger partial charge in [-0.05, 0) is 24.1 Å². The van der Waals surface area contributed by atoms with Crippen LogP contribution in [0.25, 0.3) is 0 Å². The summed E-state index contributed by atoms with van der Waals surface area (Å²) in [6, 6.07) is 7.98. The lowest BCUT2D eigenvalue weighted by atomic mass is 10.1. The quantitative estimate of drug-likeness (QED) is 0.916. The van der Waals surface area contributed by atoms with Crippen LogP contribution in [0.3, 0.4) is 0 Å². The van der Waals surface area contributed by atoms with Crippen molar-refractivity contribution in [3.63, 3.8) is 0 Å². The van der Waals surface area contributed by atoms with Crippen molar-refractivity contribution in [2.24, 2.45) is 0 Å². The topological polar surface area (TPSA) is 50.8 Å². The van der Waals surface area contributed by atoms with Gasteiger partial charge in [0.1, 0.15) is 0 Å². The summed E-state index contributed by atoms with van der Waals surface area (Å²) in [5.74, 6) is -0.444. The van der Waals surface area contributed by atoms with Gasteiger partial charge in [0.05, 0.1) is 26.3 Å². The van der Waals surface area contributed by atoms with Crippen LogP contribution in [0.5, 0.6) is 0 Å². The standard InChI is InChI=1S/C16H22N2O3/c1-2-13-4-3-5-14(10-13)17-15(19)11-18-7-6-16(12-18)20-8-9-21-16/h3-5,10H,2,6-9,11-12H2,1H3,(H,17,19). The molecule has 2 saturated heterocycles. The van der Waals surface area contributed by atoms with E-state index in [1.54, 1.807) is 0 Å². The second-order valence-corrected chi connectivity index (χ2v) is 5.67. The van der Waals surface area contributed by atoms with Crippen molar-refractivity contribution in [2.45, 2.75) is 25.6 Å². The van der Waals surface area contributed by atoms with Gasteiger partial charge in [0.2, 0.25) is 5.91 Å². The molecule has 0 radical (unpaired) electrons. The molecule has 0 aromatic heterocycles. The maximum Gasteiger partial charge on any atom is 0.238 e. The summed E-state index contributed by atoms with van der Waals surface area (Å²) in [7, 11) is 0. The zero-order chi connectivity index (χ0) is 14.7. The lowest BCUT2D eigenvalue weighted by molar-refractivity contribution is -0.145. The summed E-state index contributed by atoms with van der Waals surface area (Å²) in [5.41, 5.74) is 2.09. The fraction of sp³-hybridized carbons (Fsp3) is 0.562. The number of nitrogens with zero attached hydrogens (tertiary/aromatic N) is 1. The third-order valence-corrected chi connectivity index (χ3v) is 4.07. The minimum atomic E-state index is -0.456. The highest BCUT2D eigenvalue weighted by Gasteiger charge is 2.43. The third-order valence-electron chi connectivity index (χ3n) is 4.07. The molecule has 0 unspecified atom stereocenters. The summed E-state index contributed by atoms with van der Waals surface area (Å²) in [4.78, 5) is 14.2. The number of benzene rings is 1. The Hall–Kier alpha value is -1.43. The molecule has 1 aromatic carbocycles. The molecule has 2 fully saturated rings. The minimum Gasteiger partial charge on any atom is -0.346 e.